The van der Waals surface area contributed by atoms with Crippen LogP contribution in [0.3, 0.4) is 0 Å². The van der Waals surface area contributed by atoms with Gasteiger partial charge in [-0.15, -0.1) is 0 Å². The second-order valence-corrected chi connectivity index (χ2v) is 6.34. The van der Waals surface area contributed by atoms with Crippen molar-refractivity contribution in [1.82, 2.24) is 4.90 Å². The zero-order valence-corrected chi connectivity index (χ0v) is 12.5. The lowest BCUT2D eigenvalue weighted by atomic mass is 9.84. The summed E-state index contributed by atoms with van der Waals surface area (Å²) < 4.78 is 0. The van der Waals surface area contributed by atoms with E-state index in [1.807, 2.05) is 6.07 Å². The van der Waals surface area contributed by atoms with Crippen molar-refractivity contribution in [2.75, 3.05) is 25.5 Å². The van der Waals surface area contributed by atoms with Gasteiger partial charge in [0.05, 0.1) is 4.92 Å². The molecule has 0 aromatic heterocycles. The Hall–Kier alpha value is -1.62. The largest absolute Gasteiger partial charge is 0.383 e. The van der Waals surface area contributed by atoms with E-state index in [-0.39, 0.29) is 10.6 Å². The Morgan fingerprint density at radius 2 is 2.20 bits per heavy atom. The lowest BCUT2D eigenvalue weighted by molar-refractivity contribution is -0.384. The summed E-state index contributed by atoms with van der Waals surface area (Å²) in [7, 11) is 1.70. The number of likely N-dealkylation sites (tertiary alicyclic amines) is 1. The molecule has 0 aliphatic carbocycles. The number of anilines is 1. The van der Waals surface area contributed by atoms with Crippen LogP contribution in [0, 0.1) is 15.5 Å². The van der Waals surface area contributed by atoms with Crippen molar-refractivity contribution < 1.29 is 4.92 Å². The van der Waals surface area contributed by atoms with Crippen LogP contribution in [0.25, 0.3) is 0 Å². The summed E-state index contributed by atoms with van der Waals surface area (Å²) in [6.07, 6.45) is 2.45. The highest BCUT2D eigenvalue weighted by atomic mass is 16.6. The Labute approximate surface area is 120 Å². The van der Waals surface area contributed by atoms with Crippen LogP contribution in [0.4, 0.5) is 11.4 Å². The SMILES string of the molecule is CNc1ccc(CN2CCCC(C)(C)C2)cc1[N+](=O)[O-]. The molecule has 0 spiro atoms. The highest BCUT2D eigenvalue weighted by Gasteiger charge is 2.26. The van der Waals surface area contributed by atoms with Crippen LogP contribution in [-0.4, -0.2) is 30.0 Å². The van der Waals surface area contributed by atoms with Crippen LogP contribution >= 0.6 is 0 Å². The van der Waals surface area contributed by atoms with Gasteiger partial charge in [0.15, 0.2) is 0 Å². The Kier molecular flexibility index (Phi) is 4.28. The average Bonchev–Trinajstić information content (AvgIpc) is 2.37. The van der Waals surface area contributed by atoms with E-state index in [0.717, 1.165) is 25.2 Å². The fraction of sp³-hybridized carbons (Fsp3) is 0.600. The molecule has 0 amide bonds. The summed E-state index contributed by atoms with van der Waals surface area (Å²) in [5.41, 5.74) is 2.07. The number of nitro benzene ring substituents is 1. The van der Waals surface area contributed by atoms with E-state index in [1.54, 1.807) is 19.2 Å². The van der Waals surface area contributed by atoms with Gasteiger partial charge in [-0.05, 0) is 36.4 Å². The molecule has 20 heavy (non-hydrogen) atoms. The lowest BCUT2D eigenvalue weighted by Gasteiger charge is -2.38. The number of hydrogen-bond acceptors (Lipinski definition) is 4. The maximum Gasteiger partial charge on any atom is 0.292 e. The molecule has 1 saturated heterocycles. The van der Waals surface area contributed by atoms with E-state index in [2.05, 4.69) is 24.1 Å². The molecule has 1 heterocycles. The summed E-state index contributed by atoms with van der Waals surface area (Å²) in [6, 6.07) is 5.45. The number of benzene rings is 1. The van der Waals surface area contributed by atoms with Crippen molar-refractivity contribution in [3.05, 3.63) is 33.9 Å². The molecule has 0 radical (unpaired) electrons. The van der Waals surface area contributed by atoms with Gasteiger partial charge in [-0.25, -0.2) is 0 Å². The molecule has 1 aromatic rings. The predicted octanol–water partition coefficient (Wildman–Crippen LogP) is 3.26. The highest BCUT2D eigenvalue weighted by Crippen LogP contribution is 2.30. The van der Waals surface area contributed by atoms with Gasteiger partial charge in [0.2, 0.25) is 0 Å². The molecule has 5 heteroatoms. The van der Waals surface area contributed by atoms with Crippen LogP contribution in [0.15, 0.2) is 18.2 Å². The Morgan fingerprint density at radius 1 is 1.45 bits per heavy atom. The summed E-state index contributed by atoms with van der Waals surface area (Å²) in [5.74, 6) is 0. The maximum absolute atomic E-state index is 11.1. The van der Waals surface area contributed by atoms with Crippen LogP contribution < -0.4 is 5.32 Å². The smallest absolute Gasteiger partial charge is 0.292 e. The molecule has 0 atom stereocenters. The van der Waals surface area contributed by atoms with Crippen LogP contribution in [0.5, 0.6) is 0 Å². The van der Waals surface area contributed by atoms with Crippen molar-refractivity contribution in [3.63, 3.8) is 0 Å². The number of hydrogen-bond donors (Lipinski definition) is 1. The van der Waals surface area contributed by atoms with Gasteiger partial charge in [-0.3, -0.25) is 15.0 Å². The van der Waals surface area contributed by atoms with E-state index in [0.29, 0.717) is 11.1 Å². The van der Waals surface area contributed by atoms with E-state index in [4.69, 9.17) is 0 Å². The number of rotatable bonds is 4. The molecule has 2 rings (SSSR count). The summed E-state index contributed by atoms with van der Waals surface area (Å²) in [5, 5.41) is 13.9. The van der Waals surface area contributed by atoms with Crippen LogP contribution in [-0.2, 0) is 6.54 Å². The zero-order chi connectivity index (χ0) is 14.8. The van der Waals surface area contributed by atoms with E-state index >= 15 is 0 Å². The summed E-state index contributed by atoms with van der Waals surface area (Å²) >= 11 is 0. The molecule has 0 unspecified atom stereocenters. The minimum Gasteiger partial charge on any atom is -0.383 e. The van der Waals surface area contributed by atoms with Gasteiger partial charge in [-0.2, -0.15) is 0 Å². The lowest BCUT2D eigenvalue weighted by Crippen LogP contribution is -2.39. The molecule has 1 aliphatic rings. The van der Waals surface area contributed by atoms with Gasteiger partial charge >= 0.3 is 0 Å². The number of nitro groups is 1. The normalized spacial score (nSPS) is 18.8. The van der Waals surface area contributed by atoms with E-state index < -0.39 is 0 Å². The molecular weight excluding hydrogens is 254 g/mol. The maximum atomic E-state index is 11.1. The second kappa shape index (κ2) is 5.79. The van der Waals surface area contributed by atoms with Gasteiger partial charge < -0.3 is 5.32 Å². The first-order valence-corrected chi connectivity index (χ1v) is 7.09. The van der Waals surface area contributed by atoms with Crippen molar-refractivity contribution in [2.45, 2.75) is 33.2 Å². The van der Waals surface area contributed by atoms with E-state index in [1.165, 1.54) is 12.8 Å². The Bertz CT molecular complexity index is 500. The Morgan fingerprint density at radius 3 is 2.80 bits per heavy atom. The number of piperidine rings is 1. The monoisotopic (exact) mass is 277 g/mol. The van der Waals surface area contributed by atoms with Gasteiger partial charge in [0.1, 0.15) is 5.69 Å². The fourth-order valence-electron chi connectivity index (χ4n) is 2.98. The second-order valence-electron chi connectivity index (χ2n) is 6.34. The predicted molar refractivity (Wildman–Crippen MR) is 80.9 cm³/mol. The minimum absolute atomic E-state index is 0.154. The van der Waals surface area contributed by atoms with Crippen molar-refractivity contribution in [2.24, 2.45) is 5.41 Å². The molecule has 1 fully saturated rings. The highest BCUT2D eigenvalue weighted by molar-refractivity contribution is 5.62. The quantitative estimate of drug-likeness (QED) is 0.678. The molecule has 1 aromatic carbocycles. The third-order valence-electron chi connectivity index (χ3n) is 3.91. The average molecular weight is 277 g/mol. The van der Waals surface area contributed by atoms with Crippen molar-refractivity contribution >= 4 is 11.4 Å². The molecule has 110 valence electrons. The zero-order valence-electron chi connectivity index (χ0n) is 12.5. The van der Waals surface area contributed by atoms with Crippen LogP contribution in [0.1, 0.15) is 32.3 Å². The van der Waals surface area contributed by atoms with E-state index in [9.17, 15) is 10.1 Å². The first-order chi connectivity index (χ1) is 9.41. The standard InChI is InChI=1S/C15H23N3O2/c1-15(2)7-4-8-17(11-15)10-12-5-6-13(16-3)14(9-12)18(19)20/h5-6,9,16H,4,7-8,10-11H2,1-3H3. The van der Waals surface area contributed by atoms with Gasteiger partial charge in [0, 0.05) is 26.2 Å². The summed E-state index contributed by atoms with van der Waals surface area (Å²) in [4.78, 5) is 13.1. The third-order valence-corrected chi connectivity index (χ3v) is 3.91. The molecule has 5 nitrogen and oxygen atoms in total. The number of nitrogens with one attached hydrogen (secondary N) is 1. The van der Waals surface area contributed by atoms with Crippen LogP contribution in [0.2, 0.25) is 0 Å². The summed E-state index contributed by atoms with van der Waals surface area (Å²) in [6.45, 7) is 7.48. The van der Waals surface area contributed by atoms with Crippen molar-refractivity contribution in [1.29, 1.82) is 0 Å². The first kappa shape index (κ1) is 14.8. The Balaban J connectivity index is 2.13. The van der Waals surface area contributed by atoms with Crippen molar-refractivity contribution in [3.8, 4) is 0 Å². The minimum atomic E-state index is -0.324. The molecule has 0 bridgehead atoms. The van der Waals surface area contributed by atoms with Gasteiger partial charge in [0.25, 0.3) is 5.69 Å². The first-order valence-electron chi connectivity index (χ1n) is 7.09. The molecule has 0 saturated carbocycles. The fourth-order valence-corrected chi connectivity index (χ4v) is 2.98. The molecule has 1 aliphatic heterocycles. The molecule has 1 N–H and O–H groups in total. The van der Waals surface area contributed by atoms with Gasteiger partial charge in [-0.1, -0.05) is 19.9 Å². The number of nitrogens with zero attached hydrogens (tertiary/aromatic N) is 2. The molecular formula is C15H23N3O2. The topological polar surface area (TPSA) is 58.4 Å². The third kappa shape index (κ3) is 3.48.